The lowest BCUT2D eigenvalue weighted by Crippen LogP contribution is -2.34. The third-order valence-corrected chi connectivity index (χ3v) is 4.50. The lowest BCUT2D eigenvalue weighted by atomic mass is 10.00. The highest BCUT2D eigenvalue weighted by Gasteiger charge is 2.42. The second kappa shape index (κ2) is 6.39. The second-order valence-corrected chi connectivity index (χ2v) is 6.69. The van der Waals surface area contributed by atoms with Crippen LogP contribution < -0.4 is 0 Å². The van der Waals surface area contributed by atoms with Crippen LogP contribution in [0.15, 0.2) is 22.9 Å². The van der Waals surface area contributed by atoms with E-state index in [1.165, 1.54) is 0 Å². The number of amides is 1. The van der Waals surface area contributed by atoms with Crippen LogP contribution in [0.25, 0.3) is 0 Å². The van der Waals surface area contributed by atoms with Gasteiger partial charge < -0.3 is 14.4 Å². The van der Waals surface area contributed by atoms with Gasteiger partial charge in [-0.25, -0.2) is 4.68 Å². The van der Waals surface area contributed by atoms with E-state index in [1.54, 1.807) is 28.1 Å². The molecule has 1 N–H and O–H groups in total. The molecule has 0 spiro atoms. The molecule has 1 aliphatic rings. The summed E-state index contributed by atoms with van der Waals surface area (Å²) in [7, 11) is 0. The molecule has 0 aromatic carbocycles. The number of aliphatic hydroxyl groups is 1. The number of aromatic nitrogens is 3. The van der Waals surface area contributed by atoms with Crippen molar-refractivity contribution in [3.8, 4) is 0 Å². The highest BCUT2D eigenvalue weighted by atomic mass is 16.3. The summed E-state index contributed by atoms with van der Waals surface area (Å²) in [6.07, 6.45) is 5.41. The summed E-state index contributed by atoms with van der Waals surface area (Å²) in [5.41, 5.74) is -0.0308. The smallest absolute Gasteiger partial charge is 0.257 e. The fourth-order valence-electron chi connectivity index (χ4n) is 3.04. The number of β-amino-alcohol motifs (C(OH)–C–C–N with tert-alkyl or cyclic N) is 1. The maximum Gasteiger partial charge on any atom is 0.257 e. The van der Waals surface area contributed by atoms with Crippen molar-refractivity contribution in [1.82, 2.24) is 19.9 Å². The first kappa shape index (κ1) is 16.7. The fourth-order valence-corrected chi connectivity index (χ4v) is 3.04. The number of rotatable bonds is 5. The Kier molecular flexibility index (Phi) is 4.45. The lowest BCUT2D eigenvalue weighted by molar-refractivity contribution is 0.0381. The van der Waals surface area contributed by atoms with E-state index < -0.39 is 5.60 Å². The van der Waals surface area contributed by atoms with Gasteiger partial charge in [-0.05, 0) is 26.3 Å². The second-order valence-electron chi connectivity index (χ2n) is 6.69. The predicted octanol–water partition coefficient (Wildman–Crippen LogP) is 2.14. The number of furan rings is 1. The minimum absolute atomic E-state index is 0.0978. The van der Waals surface area contributed by atoms with E-state index in [-0.39, 0.29) is 18.5 Å². The SMILES string of the molecule is CCCc1occc1C(=O)N1CCC(O)(c2cn(C(C)C)nn2)C1. The lowest BCUT2D eigenvalue weighted by Gasteiger charge is -2.21. The molecule has 2 aromatic rings. The Bertz CT molecular complexity index is 721. The maximum absolute atomic E-state index is 12.7. The monoisotopic (exact) mass is 332 g/mol. The Balaban J connectivity index is 1.76. The molecular formula is C17H24N4O3. The first-order valence-electron chi connectivity index (χ1n) is 8.45. The zero-order valence-electron chi connectivity index (χ0n) is 14.4. The Hall–Kier alpha value is -2.15. The third kappa shape index (κ3) is 2.96. The van der Waals surface area contributed by atoms with E-state index in [2.05, 4.69) is 10.3 Å². The van der Waals surface area contributed by atoms with Gasteiger partial charge in [0.2, 0.25) is 0 Å². The largest absolute Gasteiger partial charge is 0.469 e. The van der Waals surface area contributed by atoms with Gasteiger partial charge in [-0.3, -0.25) is 4.79 Å². The Morgan fingerprint density at radius 3 is 2.96 bits per heavy atom. The van der Waals surface area contributed by atoms with Crippen molar-refractivity contribution < 1.29 is 14.3 Å². The van der Waals surface area contributed by atoms with Crippen molar-refractivity contribution in [3.05, 3.63) is 35.5 Å². The average Bonchev–Trinajstić information content (AvgIpc) is 3.26. The van der Waals surface area contributed by atoms with Gasteiger partial charge in [0.1, 0.15) is 17.1 Å². The molecule has 3 heterocycles. The van der Waals surface area contributed by atoms with Gasteiger partial charge in [-0.15, -0.1) is 5.10 Å². The standard InChI is InChI=1S/C17H24N4O3/c1-4-5-14-13(6-9-24-14)16(22)20-8-7-17(23,11-20)15-10-21(12(2)3)19-18-15/h6,9-10,12,23H,4-5,7-8,11H2,1-3H3. The summed E-state index contributed by atoms with van der Waals surface area (Å²) in [5, 5.41) is 19.1. The number of aryl methyl sites for hydroxylation is 1. The highest BCUT2D eigenvalue weighted by Crippen LogP contribution is 2.32. The van der Waals surface area contributed by atoms with Gasteiger partial charge in [-0.1, -0.05) is 12.1 Å². The van der Waals surface area contributed by atoms with Crippen LogP contribution in [-0.4, -0.2) is 44.0 Å². The molecule has 7 heteroatoms. The molecule has 0 saturated carbocycles. The van der Waals surface area contributed by atoms with Gasteiger partial charge in [0.05, 0.1) is 24.6 Å². The molecule has 1 atom stereocenters. The van der Waals surface area contributed by atoms with Crippen LogP contribution in [0.5, 0.6) is 0 Å². The first-order chi connectivity index (χ1) is 11.4. The quantitative estimate of drug-likeness (QED) is 0.907. The van der Waals surface area contributed by atoms with Gasteiger partial charge in [0.25, 0.3) is 5.91 Å². The topological polar surface area (TPSA) is 84.4 Å². The molecule has 3 rings (SSSR count). The number of hydrogen-bond donors (Lipinski definition) is 1. The van der Waals surface area contributed by atoms with Crippen LogP contribution >= 0.6 is 0 Å². The van der Waals surface area contributed by atoms with Crippen molar-refractivity contribution >= 4 is 5.91 Å². The molecule has 0 aliphatic carbocycles. The molecule has 1 unspecified atom stereocenters. The highest BCUT2D eigenvalue weighted by molar-refractivity contribution is 5.95. The van der Waals surface area contributed by atoms with Gasteiger partial charge in [0.15, 0.2) is 0 Å². The Labute approximate surface area is 141 Å². The maximum atomic E-state index is 12.7. The van der Waals surface area contributed by atoms with E-state index in [9.17, 15) is 9.90 Å². The summed E-state index contributed by atoms with van der Waals surface area (Å²) in [4.78, 5) is 14.4. The third-order valence-electron chi connectivity index (χ3n) is 4.50. The molecule has 1 aliphatic heterocycles. The predicted molar refractivity (Wildman–Crippen MR) is 87.5 cm³/mol. The molecule has 1 amide bonds. The van der Waals surface area contributed by atoms with Crippen LogP contribution in [0.1, 0.15) is 61.5 Å². The van der Waals surface area contributed by atoms with Crippen molar-refractivity contribution in [2.45, 2.75) is 51.7 Å². The van der Waals surface area contributed by atoms with Crippen molar-refractivity contribution in [2.75, 3.05) is 13.1 Å². The zero-order valence-corrected chi connectivity index (χ0v) is 14.4. The molecule has 130 valence electrons. The summed E-state index contributed by atoms with van der Waals surface area (Å²) < 4.78 is 7.13. The van der Waals surface area contributed by atoms with Gasteiger partial charge in [0, 0.05) is 25.4 Å². The Morgan fingerprint density at radius 2 is 2.29 bits per heavy atom. The van der Waals surface area contributed by atoms with Gasteiger partial charge >= 0.3 is 0 Å². The normalized spacial score (nSPS) is 21.0. The van der Waals surface area contributed by atoms with E-state index in [4.69, 9.17) is 4.42 Å². The molecule has 2 aromatic heterocycles. The van der Waals surface area contributed by atoms with Crippen molar-refractivity contribution in [3.63, 3.8) is 0 Å². The van der Waals surface area contributed by atoms with Crippen molar-refractivity contribution in [2.24, 2.45) is 0 Å². The number of nitrogens with zero attached hydrogens (tertiary/aromatic N) is 4. The average molecular weight is 332 g/mol. The number of carbonyl (C=O) groups is 1. The van der Waals surface area contributed by atoms with Crippen LogP contribution in [0.2, 0.25) is 0 Å². The van der Waals surface area contributed by atoms with Crippen LogP contribution in [0, 0.1) is 0 Å². The molecule has 1 fully saturated rings. The minimum atomic E-state index is -1.14. The first-order valence-corrected chi connectivity index (χ1v) is 8.45. The van der Waals surface area contributed by atoms with E-state index in [1.807, 2.05) is 20.8 Å². The summed E-state index contributed by atoms with van der Waals surface area (Å²) in [6, 6.07) is 1.89. The van der Waals surface area contributed by atoms with E-state index in [0.29, 0.717) is 30.0 Å². The summed E-state index contributed by atoms with van der Waals surface area (Å²) >= 11 is 0. The van der Waals surface area contributed by atoms with E-state index in [0.717, 1.165) is 12.8 Å². The molecule has 0 bridgehead atoms. The van der Waals surface area contributed by atoms with Crippen LogP contribution in [0.3, 0.4) is 0 Å². The Morgan fingerprint density at radius 1 is 1.50 bits per heavy atom. The fraction of sp³-hybridized carbons (Fsp3) is 0.588. The zero-order chi connectivity index (χ0) is 17.3. The summed E-state index contributed by atoms with van der Waals surface area (Å²) in [6.45, 7) is 6.76. The van der Waals surface area contributed by atoms with Crippen LogP contribution in [-0.2, 0) is 12.0 Å². The molecule has 24 heavy (non-hydrogen) atoms. The number of hydrogen-bond acceptors (Lipinski definition) is 5. The number of likely N-dealkylation sites (tertiary alicyclic amines) is 1. The minimum Gasteiger partial charge on any atom is -0.469 e. The van der Waals surface area contributed by atoms with Gasteiger partial charge in [-0.2, -0.15) is 0 Å². The van der Waals surface area contributed by atoms with Crippen LogP contribution in [0.4, 0.5) is 0 Å². The molecular weight excluding hydrogens is 308 g/mol. The number of carbonyl (C=O) groups excluding carboxylic acids is 1. The molecule has 0 radical (unpaired) electrons. The summed E-state index contributed by atoms with van der Waals surface area (Å²) in [5.74, 6) is 0.614. The molecule has 1 saturated heterocycles. The molecule has 7 nitrogen and oxygen atoms in total. The van der Waals surface area contributed by atoms with E-state index >= 15 is 0 Å². The van der Waals surface area contributed by atoms with Crippen molar-refractivity contribution in [1.29, 1.82) is 0 Å².